The van der Waals surface area contributed by atoms with Crippen molar-refractivity contribution in [1.82, 2.24) is 9.80 Å². The van der Waals surface area contributed by atoms with Gasteiger partial charge in [0.05, 0.1) is 25.0 Å². The summed E-state index contributed by atoms with van der Waals surface area (Å²) in [7, 11) is 0. The number of nitrogens with zero attached hydrogens (tertiary/aromatic N) is 2. The van der Waals surface area contributed by atoms with Gasteiger partial charge in [-0.15, -0.1) is 0 Å². The van der Waals surface area contributed by atoms with Crippen molar-refractivity contribution in [1.29, 1.82) is 0 Å². The predicted molar refractivity (Wildman–Crippen MR) is 244 cm³/mol. The van der Waals surface area contributed by atoms with Gasteiger partial charge >= 0.3 is 11.9 Å². The Morgan fingerprint density at radius 1 is 0.339 bits per heavy atom. The number of hydrogen-bond donors (Lipinski definition) is 0. The van der Waals surface area contributed by atoms with Crippen molar-refractivity contribution < 1.29 is 19.1 Å². The third-order valence-electron chi connectivity index (χ3n) is 12.1. The molecule has 0 N–H and O–H groups in total. The molecule has 0 spiro atoms. The minimum atomic E-state index is 0.0706. The van der Waals surface area contributed by atoms with Gasteiger partial charge in [0.1, 0.15) is 0 Å². The van der Waals surface area contributed by atoms with Gasteiger partial charge in [0.2, 0.25) is 0 Å². The average molecular weight is 793 g/mol. The molecule has 0 aromatic rings. The van der Waals surface area contributed by atoms with Gasteiger partial charge in [0.15, 0.2) is 0 Å². The lowest BCUT2D eigenvalue weighted by Gasteiger charge is -2.26. The van der Waals surface area contributed by atoms with Crippen LogP contribution in [0.2, 0.25) is 0 Å². The maximum Gasteiger partial charge on any atom is 0.308 e. The normalized spacial score (nSPS) is 12.8. The van der Waals surface area contributed by atoms with Gasteiger partial charge in [0, 0.05) is 13.1 Å². The molecule has 334 valence electrons. The molecule has 2 atom stereocenters. The number of unbranched alkanes of at least 4 members (excludes halogenated alkanes) is 22. The molecule has 0 fully saturated rings. The standard InChI is InChI=1S/C50H100N2O4/c1-7-13-17-21-23-31-39-47(37-29-19-15-9-3)49(53)55-45-35-27-25-33-41-52(44-43-51(11-5)12-6)42-34-26-28-36-46-56-50(54)48(38-30-20-16-10-4)40-32-24-22-18-14-8-2/h47-48H,7-46H2,1-6H3. The first-order valence-electron chi connectivity index (χ1n) is 25.2. The molecule has 0 bridgehead atoms. The van der Waals surface area contributed by atoms with Gasteiger partial charge in [-0.05, 0) is 77.5 Å². The van der Waals surface area contributed by atoms with Gasteiger partial charge < -0.3 is 19.3 Å². The van der Waals surface area contributed by atoms with Crippen molar-refractivity contribution in [3.8, 4) is 0 Å². The van der Waals surface area contributed by atoms with Crippen LogP contribution in [0.15, 0.2) is 0 Å². The molecule has 6 nitrogen and oxygen atoms in total. The van der Waals surface area contributed by atoms with Crippen LogP contribution in [0.25, 0.3) is 0 Å². The minimum absolute atomic E-state index is 0.0706. The van der Waals surface area contributed by atoms with E-state index in [0.717, 1.165) is 116 Å². The third-order valence-corrected chi connectivity index (χ3v) is 12.1. The lowest BCUT2D eigenvalue weighted by molar-refractivity contribution is -0.150. The molecule has 0 heterocycles. The van der Waals surface area contributed by atoms with Crippen LogP contribution in [0.4, 0.5) is 0 Å². The van der Waals surface area contributed by atoms with Crippen molar-refractivity contribution >= 4 is 11.9 Å². The second-order valence-electron chi connectivity index (χ2n) is 17.2. The summed E-state index contributed by atoms with van der Waals surface area (Å²) in [6.07, 6.45) is 38.1. The fourth-order valence-corrected chi connectivity index (χ4v) is 8.06. The van der Waals surface area contributed by atoms with Gasteiger partial charge in [-0.3, -0.25) is 9.59 Å². The summed E-state index contributed by atoms with van der Waals surface area (Å²) in [5.74, 6) is 0.344. The number of ether oxygens (including phenoxy) is 2. The van der Waals surface area contributed by atoms with Crippen LogP contribution in [0.3, 0.4) is 0 Å². The summed E-state index contributed by atoms with van der Waals surface area (Å²) in [4.78, 5) is 31.3. The zero-order valence-corrected chi connectivity index (χ0v) is 39.0. The van der Waals surface area contributed by atoms with E-state index in [4.69, 9.17) is 9.47 Å². The third kappa shape index (κ3) is 34.9. The molecular weight excluding hydrogens is 693 g/mol. The van der Waals surface area contributed by atoms with E-state index in [1.807, 2.05) is 0 Å². The first-order chi connectivity index (χ1) is 27.5. The maximum atomic E-state index is 13.0. The maximum absolute atomic E-state index is 13.0. The Kier molecular flexibility index (Phi) is 42.6. The van der Waals surface area contributed by atoms with E-state index in [9.17, 15) is 9.59 Å². The van der Waals surface area contributed by atoms with E-state index in [-0.39, 0.29) is 23.8 Å². The molecule has 0 radical (unpaired) electrons. The summed E-state index contributed by atoms with van der Waals surface area (Å²) in [5, 5.41) is 0. The summed E-state index contributed by atoms with van der Waals surface area (Å²) in [6.45, 7) is 21.5. The fourth-order valence-electron chi connectivity index (χ4n) is 8.06. The molecular formula is C50H100N2O4. The second-order valence-corrected chi connectivity index (χ2v) is 17.2. The summed E-state index contributed by atoms with van der Waals surface area (Å²) >= 11 is 0. The minimum Gasteiger partial charge on any atom is -0.465 e. The molecule has 0 amide bonds. The molecule has 0 aliphatic heterocycles. The second kappa shape index (κ2) is 43.4. The Hall–Kier alpha value is -1.14. The smallest absolute Gasteiger partial charge is 0.308 e. The highest BCUT2D eigenvalue weighted by atomic mass is 16.5. The van der Waals surface area contributed by atoms with Crippen molar-refractivity contribution in [3.63, 3.8) is 0 Å². The van der Waals surface area contributed by atoms with Crippen LogP contribution >= 0.6 is 0 Å². The topological polar surface area (TPSA) is 59.1 Å². The number of hydrogen-bond acceptors (Lipinski definition) is 6. The van der Waals surface area contributed by atoms with Gasteiger partial charge in [-0.2, -0.15) is 0 Å². The number of esters is 2. The SMILES string of the molecule is CCCCCCCCC(CCCCCC)C(=O)OCCCCCCN(CCCCCCOC(=O)C(CCCCCC)CCCCCCCC)CCN(CC)CC. The van der Waals surface area contributed by atoms with Gasteiger partial charge in [-0.1, -0.05) is 196 Å². The Balaban J connectivity index is 4.53. The lowest BCUT2D eigenvalue weighted by atomic mass is 9.94. The van der Waals surface area contributed by atoms with Crippen molar-refractivity contribution in [2.24, 2.45) is 11.8 Å². The lowest BCUT2D eigenvalue weighted by Crippen LogP contribution is -2.36. The van der Waals surface area contributed by atoms with Crippen LogP contribution < -0.4 is 0 Å². The van der Waals surface area contributed by atoms with Crippen molar-refractivity contribution in [2.75, 3.05) is 52.5 Å². The van der Waals surface area contributed by atoms with E-state index in [2.05, 4.69) is 51.3 Å². The Bertz CT molecular complexity index is 761. The molecule has 0 rings (SSSR count). The van der Waals surface area contributed by atoms with E-state index in [0.29, 0.717) is 13.2 Å². The van der Waals surface area contributed by atoms with E-state index < -0.39 is 0 Å². The summed E-state index contributed by atoms with van der Waals surface area (Å²) in [5.41, 5.74) is 0. The van der Waals surface area contributed by atoms with Crippen molar-refractivity contribution in [2.45, 2.75) is 247 Å². The predicted octanol–water partition coefficient (Wildman–Crippen LogP) is 14.5. The number of likely N-dealkylation sites (N-methyl/N-ethyl adjacent to an activating group) is 1. The molecule has 2 unspecified atom stereocenters. The summed E-state index contributed by atoms with van der Waals surface area (Å²) < 4.78 is 11.7. The molecule has 0 aliphatic rings. The van der Waals surface area contributed by atoms with E-state index in [1.165, 1.54) is 128 Å². The zero-order valence-electron chi connectivity index (χ0n) is 39.0. The number of carbonyl (C=O) groups excluding carboxylic acids is 2. The molecule has 0 aromatic carbocycles. The Morgan fingerprint density at radius 3 is 0.982 bits per heavy atom. The zero-order chi connectivity index (χ0) is 41.2. The van der Waals surface area contributed by atoms with Crippen molar-refractivity contribution in [3.05, 3.63) is 0 Å². The average Bonchev–Trinajstić information content (AvgIpc) is 3.20. The van der Waals surface area contributed by atoms with E-state index in [1.54, 1.807) is 0 Å². The van der Waals surface area contributed by atoms with Crippen LogP contribution in [0.5, 0.6) is 0 Å². The molecule has 0 aliphatic carbocycles. The van der Waals surface area contributed by atoms with Crippen LogP contribution in [0.1, 0.15) is 247 Å². The largest absolute Gasteiger partial charge is 0.465 e. The summed E-state index contributed by atoms with van der Waals surface area (Å²) in [6, 6.07) is 0. The first-order valence-corrected chi connectivity index (χ1v) is 25.2. The Labute approximate surface area is 351 Å². The number of carbonyl (C=O) groups is 2. The van der Waals surface area contributed by atoms with Gasteiger partial charge in [0.25, 0.3) is 0 Å². The fraction of sp³-hybridized carbons (Fsp3) is 0.960. The quantitative estimate of drug-likeness (QED) is 0.0452. The molecule has 0 saturated heterocycles. The van der Waals surface area contributed by atoms with Gasteiger partial charge in [-0.25, -0.2) is 0 Å². The van der Waals surface area contributed by atoms with E-state index >= 15 is 0 Å². The molecule has 6 heteroatoms. The first kappa shape index (κ1) is 54.9. The highest BCUT2D eigenvalue weighted by Gasteiger charge is 2.20. The molecule has 0 saturated carbocycles. The monoisotopic (exact) mass is 793 g/mol. The molecule has 56 heavy (non-hydrogen) atoms. The van der Waals surface area contributed by atoms with Crippen LogP contribution in [-0.2, 0) is 19.1 Å². The number of rotatable bonds is 45. The van der Waals surface area contributed by atoms with Crippen LogP contribution in [0, 0.1) is 11.8 Å². The Morgan fingerprint density at radius 2 is 0.625 bits per heavy atom. The highest BCUT2D eigenvalue weighted by Crippen LogP contribution is 2.22. The molecule has 0 aromatic heterocycles. The van der Waals surface area contributed by atoms with Crippen LogP contribution in [-0.4, -0.2) is 74.2 Å². The highest BCUT2D eigenvalue weighted by molar-refractivity contribution is 5.72.